The Kier molecular flexibility index (Phi) is 5.93. The van der Waals surface area contributed by atoms with Crippen LogP contribution < -0.4 is 9.46 Å². The summed E-state index contributed by atoms with van der Waals surface area (Å²) < 4.78 is 36.9. The highest BCUT2D eigenvalue weighted by atomic mass is 35.5. The van der Waals surface area contributed by atoms with E-state index in [0.29, 0.717) is 5.75 Å². The summed E-state index contributed by atoms with van der Waals surface area (Å²) in [6.45, 7) is -0.285. The Bertz CT molecular complexity index is 855. The highest BCUT2D eigenvalue weighted by molar-refractivity contribution is 7.92. The van der Waals surface area contributed by atoms with Crippen LogP contribution in [0.5, 0.6) is 5.75 Å². The van der Waals surface area contributed by atoms with Crippen molar-refractivity contribution in [1.29, 1.82) is 0 Å². The van der Waals surface area contributed by atoms with E-state index in [-0.39, 0.29) is 27.2 Å². The van der Waals surface area contributed by atoms with Crippen LogP contribution in [0.25, 0.3) is 0 Å². The van der Waals surface area contributed by atoms with Crippen LogP contribution in [0.2, 0.25) is 10.0 Å². The quantitative estimate of drug-likeness (QED) is 0.766. The van der Waals surface area contributed by atoms with Crippen LogP contribution in [0.1, 0.15) is 0 Å². The van der Waals surface area contributed by atoms with Crippen LogP contribution in [-0.4, -0.2) is 28.1 Å². The van der Waals surface area contributed by atoms with Gasteiger partial charge in [-0.05, 0) is 24.3 Å². The number of ether oxygens (including phenoxy) is 2. The van der Waals surface area contributed by atoms with E-state index in [1.165, 1.54) is 37.4 Å². The maximum atomic E-state index is 12.4. The number of rotatable bonds is 6. The molecule has 0 saturated carbocycles. The Hall–Kier alpha value is -1.96. The lowest BCUT2D eigenvalue weighted by Gasteiger charge is -2.11. The molecule has 0 aliphatic carbocycles. The van der Waals surface area contributed by atoms with E-state index in [4.69, 9.17) is 27.9 Å². The third-order valence-corrected chi connectivity index (χ3v) is 5.23. The van der Waals surface area contributed by atoms with Crippen molar-refractivity contribution in [1.82, 2.24) is 0 Å². The van der Waals surface area contributed by atoms with Crippen molar-refractivity contribution in [3.8, 4) is 5.75 Å². The molecule has 0 saturated heterocycles. The Morgan fingerprint density at radius 3 is 2.58 bits per heavy atom. The predicted molar refractivity (Wildman–Crippen MR) is 91.2 cm³/mol. The van der Waals surface area contributed by atoms with Crippen LogP contribution in [0.3, 0.4) is 0 Å². The van der Waals surface area contributed by atoms with Gasteiger partial charge < -0.3 is 9.47 Å². The first-order chi connectivity index (χ1) is 11.3. The van der Waals surface area contributed by atoms with Gasteiger partial charge in [0.25, 0.3) is 10.0 Å². The van der Waals surface area contributed by atoms with Crippen LogP contribution in [0, 0.1) is 0 Å². The summed E-state index contributed by atoms with van der Waals surface area (Å²) in [6, 6.07) is 10.4. The monoisotopic (exact) mass is 389 g/mol. The van der Waals surface area contributed by atoms with Crippen molar-refractivity contribution in [3.05, 3.63) is 52.5 Å². The molecule has 2 rings (SSSR count). The fourth-order valence-corrected chi connectivity index (χ4v) is 3.56. The van der Waals surface area contributed by atoms with Gasteiger partial charge in [-0.25, -0.2) is 13.2 Å². The van der Waals surface area contributed by atoms with Crippen molar-refractivity contribution in [2.45, 2.75) is 4.90 Å². The van der Waals surface area contributed by atoms with Gasteiger partial charge >= 0.3 is 5.97 Å². The molecule has 0 spiro atoms. The number of anilines is 1. The normalized spacial score (nSPS) is 11.0. The Balaban J connectivity index is 2.21. The molecule has 0 bridgehead atoms. The van der Waals surface area contributed by atoms with Crippen molar-refractivity contribution in [2.24, 2.45) is 0 Å². The number of hydrogen-bond donors (Lipinski definition) is 1. The molecule has 0 radical (unpaired) electrons. The summed E-state index contributed by atoms with van der Waals surface area (Å²) in [7, 11) is -2.69. The molecule has 6 nitrogen and oxygen atoms in total. The molecule has 128 valence electrons. The molecule has 0 amide bonds. The number of benzene rings is 2. The second kappa shape index (κ2) is 7.74. The Morgan fingerprint density at radius 2 is 1.88 bits per heavy atom. The zero-order valence-corrected chi connectivity index (χ0v) is 14.8. The standard InChI is InChI=1S/C15H13Cl2NO5S/c1-22-14(19)9-23-11-5-2-4-10(8-11)18-24(20,21)13-7-3-6-12(16)15(13)17/h2-8,18H,9H2,1H3. The number of carbonyl (C=O) groups excluding carboxylic acids is 1. The van der Waals surface area contributed by atoms with Gasteiger partial charge in [-0.1, -0.05) is 35.3 Å². The van der Waals surface area contributed by atoms with Crippen LogP contribution in [0.15, 0.2) is 47.4 Å². The first-order valence-electron chi connectivity index (χ1n) is 6.60. The summed E-state index contributed by atoms with van der Waals surface area (Å²) >= 11 is 11.8. The molecule has 0 heterocycles. The van der Waals surface area contributed by atoms with Crippen molar-refractivity contribution in [3.63, 3.8) is 0 Å². The van der Waals surface area contributed by atoms with Gasteiger partial charge in [0.2, 0.25) is 0 Å². The summed E-state index contributed by atoms with van der Waals surface area (Å²) in [5, 5.41) is 0.0690. The van der Waals surface area contributed by atoms with Crippen LogP contribution in [-0.2, 0) is 19.6 Å². The van der Waals surface area contributed by atoms with Crippen LogP contribution in [0.4, 0.5) is 5.69 Å². The number of halogens is 2. The van der Waals surface area contributed by atoms with Gasteiger partial charge in [0.1, 0.15) is 10.6 Å². The third kappa shape index (κ3) is 4.53. The molecule has 24 heavy (non-hydrogen) atoms. The van der Waals surface area contributed by atoms with E-state index in [1.807, 2.05) is 0 Å². The molecule has 0 fully saturated rings. The van der Waals surface area contributed by atoms with E-state index in [0.717, 1.165) is 0 Å². The molecule has 2 aromatic carbocycles. The maximum absolute atomic E-state index is 12.4. The summed E-state index contributed by atoms with van der Waals surface area (Å²) in [4.78, 5) is 10.9. The van der Waals surface area contributed by atoms with Gasteiger partial charge in [0.05, 0.1) is 22.8 Å². The molecule has 9 heteroatoms. The Morgan fingerprint density at radius 1 is 1.17 bits per heavy atom. The summed E-state index contributed by atoms with van der Waals surface area (Å²) in [5.41, 5.74) is 0.244. The topological polar surface area (TPSA) is 81.7 Å². The second-order valence-electron chi connectivity index (χ2n) is 4.55. The molecule has 0 aliphatic rings. The molecule has 0 aliphatic heterocycles. The number of methoxy groups -OCH3 is 1. The number of hydrogen-bond acceptors (Lipinski definition) is 5. The molecule has 0 atom stereocenters. The summed E-state index contributed by atoms with van der Waals surface area (Å²) in [5.74, 6) is -0.246. The Labute approximate surface area is 149 Å². The lowest BCUT2D eigenvalue weighted by atomic mass is 10.3. The molecular formula is C15H13Cl2NO5S. The average molecular weight is 390 g/mol. The molecule has 0 unspecified atom stereocenters. The number of nitrogens with one attached hydrogen (secondary N) is 1. The van der Waals surface area contributed by atoms with Gasteiger partial charge in [0, 0.05) is 6.07 Å². The number of esters is 1. The van der Waals surface area contributed by atoms with Gasteiger partial charge in [0.15, 0.2) is 6.61 Å². The van der Waals surface area contributed by atoms with Gasteiger partial charge in [-0.2, -0.15) is 0 Å². The lowest BCUT2D eigenvalue weighted by Crippen LogP contribution is -2.14. The number of sulfonamides is 1. The zero-order chi connectivity index (χ0) is 17.7. The fraction of sp³-hybridized carbons (Fsp3) is 0.133. The predicted octanol–water partition coefficient (Wildman–Crippen LogP) is 3.35. The summed E-state index contributed by atoms with van der Waals surface area (Å²) in [6.07, 6.45) is 0. The van der Waals surface area contributed by atoms with E-state index in [2.05, 4.69) is 9.46 Å². The SMILES string of the molecule is COC(=O)COc1cccc(NS(=O)(=O)c2cccc(Cl)c2Cl)c1. The molecular weight excluding hydrogens is 377 g/mol. The molecule has 2 aromatic rings. The third-order valence-electron chi connectivity index (χ3n) is 2.88. The van der Waals surface area contributed by atoms with Gasteiger partial charge in [-0.3, -0.25) is 4.72 Å². The zero-order valence-electron chi connectivity index (χ0n) is 12.5. The lowest BCUT2D eigenvalue weighted by molar-refractivity contribution is -0.142. The average Bonchev–Trinajstić information content (AvgIpc) is 2.55. The highest BCUT2D eigenvalue weighted by Gasteiger charge is 2.19. The second-order valence-corrected chi connectivity index (χ2v) is 6.99. The first kappa shape index (κ1) is 18.4. The largest absolute Gasteiger partial charge is 0.482 e. The highest BCUT2D eigenvalue weighted by Crippen LogP contribution is 2.30. The van der Waals surface area contributed by atoms with Crippen LogP contribution >= 0.6 is 23.2 Å². The first-order valence-corrected chi connectivity index (χ1v) is 8.84. The van der Waals surface area contributed by atoms with E-state index < -0.39 is 16.0 Å². The minimum atomic E-state index is -3.93. The van der Waals surface area contributed by atoms with E-state index in [9.17, 15) is 13.2 Å². The fourth-order valence-electron chi connectivity index (χ4n) is 1.75. The van der Waals surface area contributed by atoms with Crippen molar-refractivity contribution < 1.29 is 22.7 Å². The van der Waals surface area contributed by atoms with E-state index in [1.54, 1.807) is 12.1 Å². The maximum Gasteiger partial charge on any atom is 0.343 e. The minimum Gasteiger partial charge on any atom is -0.482 e. The van der Waals surface area contributed by atoms with Crippen molar-refractivity contribution >= 4 is 44.9 Å². The molecule has 0 aromatic heterocycles. The smallest absolute Gasteiger partial charge is 0.343 e. The van der Waals surface area contributed by atoms with Crippen molar-refractivity contribution in [2.75, 3.05) is 18.4 Å². The minimum absolute atomic E-state index is 0.0650. The molecule has 1 N–H and O–H groups in total. The van der Waals surface area contributed by atoms with Gasteiger partial charge in [-0.15, -0.1) is 0 Å². The number of carbonyl (C=O) groups is 1. The van der Waals surface area contributed by atoms with E-state index >= 15 is 0 Å².